The molecular weight excluding hydrogens is 391 g/mol. The zero-order valence-electron chi connectivity index (χ0n) is 14.9. The van der Waals surface area contributed by atoms with E-state index in [9.17, 15) is 0 Å². The quantitative estimate of drug-likeness (QED) is 0.284. The number of methoxy groups -OCH3 is 1. The van der Waals surface area contributed by atoms with Crippen LogP contribution in [0.4, 0.5) is 0 Å². The Morgan fingerprint density at radius 2 is 2.09 bits per heavy atom. The van der Waals surface area contributed by atoms with Gasteiger partial charge < -0.3 is 20.3 Å². The summed E-state index contributed by atoms with van der Waals surface area (Å²) in [4.78, 5) is 6.83. The zero-order chi connectivity index (χ0) is 15.7. The van der Waals surface area contributed by atoms with Gasteiger partial charge in [0.05, 0.1) is 5.60 Å². The van der Waals surface area contributed by atoms with Gasteiger partial charge in [0.25, 0.3) is 0 Å². The molecule has 1 saturated heterocycles. The van der Waals surface area contributed by atoms with Crippen molar-refractivity contribution in [3.63, 3.8) is 0 Å². The van der Waals surface area contributed by atoms with Crippen LogP contribution in [0.2, 0.25) is 0 Å². The zero-order valence-corrected chi connectivity index (χ0v) is 17.3. The highest BCUT2D eigenvalue weighted by atomic mass is 127. The summed E-state index contributed by atoms with van der Waals surface area (Å²) in [6.45, 7) is 11.9. The van der Waals surface area contributed by atoms with Crippen LogP contribution in [-0.4, -0.2) is 63.3 Å². The SMILES string of the molecule is CN=C(NCCCN1CCCC(C)C1)NCC(C)(C)OC.I. The molecule has 0 aromatic heterocycles. The molecule has 6 heteroatoms. The number of hydrogen-bond donors (Lipinski definition) is 2. The molecule has 0 amide bonds. The second kappa shape index (κ2) is 11.5. The van der Waals surface area contributed by atoms with Gasteiger partial charge in [0.15, 0.2) is 5.96 Å². The van der Waals surface area contributed by atoms with Crippen molar-refractivity contribution in [3.05, 3.63) is 0 Å². The van der Waals surface area contributed by atoms with Gasteiger partial charge in [0.2, 0.25) is 0 Å². The molecule has 1 aliphatic rings. The first-order chi connectivity index (χ1) is 9.96. The molecule has 1 heterocycles. The third-order valence-electron chi connectivity index (χ3n) is 4.14. The number of piperidine rings is 1. The molecule has 2 N–H and O–H groups in total. The normalized spacial score (nSPS) is 20.4. The molecule has 1 atom stereocenters. The van der Waals surface area contributed by atoms with E-state index in [0.29, 0.717) is 0 Å². The number of hydrogen-bond acceptors (Lipinski definition) is 3. The predicted molar refractivity (Wildman–Crippen MR) is 105 cm³/mol. The number of nitrogens with zero attached hydrogens (tertiary/aromatic N) is 2. The number of rotatable bonds is 7. The summed E-state index contributed by atoms with van der Waals surface area (Å²) in [5, 5.41) is 6.68. The van der Waals surface area contributed by atoms with E-state index in [1.165, 1.54) is 32.5 Å². The van der Waals surface area contributed by atoms with Crippen LogP contribution in [0.5, 0.6) is 0 Å². The van der Waals surface area contributed by atoms with Crippen molar-refractivity contribution >= 4 is 29.9 Å². The van der Waals surface area contributed by atoms with E-state index < -0.39 is 0 Å². The Bertz CT molecular complexity index is 323. The maximum atomic E-state index is 5.40. The maximum Gasteiger partial charge on any atom is 0.191 e. The van der Waals surface area contributed by atoms with Crippen LogP contribution >= 0.6 is 24.0 Å². The first kappa shape index (κ1) is 21.9. The fraction of sp³-hybridized carbons (Fsp3) is 0.938. The third kappa shape index (κ3) is 9.15. The van der Waals surface area contributed by atoms with Crippen LogP contribution in [0, 0.1) is 5.92 Å². The average molecular weight is 426 g/mol. The van der Waals surface area contributed by atoms with Gasteiger partial charge in [-0.3, -0.25) is 4.99 Å². The van der Waals surface area contributed by atoms with Crippen molar-refractivity contribution in [2.24, 2.45) is 10.9 Å². The smallest absolute Gasteiger partial charge is 0.191 e. The number of aliphatic imine (C=N–C) groups is 1. The van der Waals surface area contributed by atoms with Crippen LogP contribution in [0.3, 0.4) is 0 Å². The average Bonchev–Trinajstić information content (AvgIpc) is 2.46. The standard InChI is InChI=1S/C16H34N4O.HI/c1-14-8-6-10-20(12-14)11-7-9-18-15(17-4)19-13-16(2,3)21-5;/h14H,6-13H2,1-5H3,(H2,17,18,19);1H. The highest BCUT2D eigenvalue weighted by Crippen LogP contribution is 2.15. The molecule has 0 radical (unpaired) electrons. The fourth-order valence-corrected chi connectivity index (χ4v) is 2.59. The molecule has 0 bridgehead atoms. The Balaban J connectivity index is 0.00000441. The minimum Gasteiger partial charge on any atom is -0.377 e. The van der Waals surface area contributed by atoms with Crippen LogP contribution in [0.25, 0.3) is 0 Å². The van der Waals surface area contributed by atoms with Gasteiger partial charge in [-0.2, -0.15) is 0 Å². The highest BCUT2D eigenvalue weighted by Gasteiger charge is 2.17. The molecular formula is C16H35IN4O. The van der Waals surface area contributed by atoms with Gasteiger partial charge in [-0.05, 0) is 52.1 Å². The lowest BCUT2D eigenvalue weighted by Crippen LogP contribution is -2.46. The topological polar surface area (TPSA) is 48.9 Å². The first-order valence-corrected chi connectivity index (χ1v) is 8.19. The molecule has 22 heavy (non-hydrogen) atoms. The van der Waals surface area contributed by atoms with Crippen molar-refractivity contribution in [2.45, 2.75) is 45.6 Å². The van der Waals surface area contributed by atoms with E-state index in [4.69, 9.17) is 4.74 Å². The molecule has 0 aliphatic carbocycles. The molecule has 1 fully saturated rings. The van der Waals surface area contributed by atoms with Crippen molar-refractivity contribution in [2.75, 3.05) is 46.9 Å². The molecule has 1 unspecified atom stereocenters. The second-order valence-corrected chi connectivity index (χ2v) is 6.72. The summed E-state index contributed by atoms with van der Waals surface area (Å²) >= 11 is 0. The van der Waals surface area contributed by atoms with E-state index in [1.807, 2.05) is 0 Å². The van der Waals surface area contributed by atoms with Gasteiger partial charge in [-0.15, -0.1) is 24.0 Å². The monoisotopic (exact) mass is 426 g/mol. The maximum absolute atomic E-state index is 5.40. The Hall–Kier alpha value is -0.0800. The number of halogens is 1. The number of ether oxygens (including phenoxy) is 1. The molecule has 0 spiro atoms. The molecule has 0 aromatic rings. The molecule has 0 saturated carbocycles. The van der Waals surface area contributed by atoms with E-state index in [2.05, 4.69) is 41.3 Å². The summed E-state index contributed by atoms with van der Waals surface area (Å²) in [7, 11) is 3.54. The Kier molecular flexibility index (Phi) is 11.4. The van der Waals surface area contributed by atoms with E-state index in [0.717, 1.165) is 31.4 Å². The van der Waals surface area contributed by atoms with Gasteiger partial charge in [-0.1, -0.05) is 6.92 Å². The number of likely N-dealkylation sites (tertiary alicyclic amines) is 1. The van der Waals surface area contributed by atoms with Gasteiger partial charge in [-0.25, -0.2) is 0 Å². The second-order valence-electron chi connectivity index (χ2n) is 6.72. The Morgan fingerprint density at radius 3 is 2.68 bits per heavy atom. The summed E-state index contributed by atoms with van der Waals surface area (Å²) in [5.41, 5.74) is -0.179. The van der Waals surface area contributed by atoms with Crippen LogP contribution < -0.4 is 10.6 Å². The van der Waals surface area contributed by atoms with Crippen molar-refractivity contribution in [1.29, 1.82) is 0 Å². The summed E-state index contributed by atoms with van der Waals surface area (Å²) in [5.74, 6) is 1.71. The third-order valence-corrected chi connectivity index (χ3v) is 4.14. The van der Waals surface area contributed by atoms with E-state index in [1.54, 1.807) is 14.2 Å². The van der Waals surface area contributed by atoms with Gasteiger partial charge in [0, 0.05) is 33.8 Å². The van der Waals surface area contributed by atoms with Crippen LogP contribution in [0.15, 0.2) is 4.99 Å². The fourth-order valence-electron chi connectivity index (χ4n) is 2.59. The lowest BCUT2D eigenvalue weighted by molar-refractivity contribution is 0.0268. The Morgan fingerprint density at radius 1 is 1.36 bits per heavy atom. The Labute approximate surface area is 153 Å². The molecule has 0 aromatic carbocycles. The first-order valence-electron chi connectivity index (χ1n) is 8.19. The van der Waals surface area contributed by atoms with E-state index in [-0.39, 0.29) is 29.6 Å². The minimum absolute atomic E-state index is 0. The van der Waals surface area contributed by atoms with Crippen molar-refractivity contribution in [1.82, 2.24) is 15.5 Å². The molecule has 1 rings (SSSR count). The number of guanidine groups is 1. The highest BCUT2D eigenvalue weighted by molar-refractivity contribution is 14.0. The largest absolute Gasteiger partial charge is 0.377 e. The summed E-state index contributed by atoms with van der Waals surface area (Å²) in [6.07, 6.45) is 3.89. The van der Waals surface area contributed by atoms with Crippen molar-refractivity contribution < 1.29 is 4.74 Å². The van der Waals surface area contributed by atoms with Crippen molar-refractivity contribution in [3.8, 4) is 0 Å². The minimum atomic E-state index is -0.179. The molecule has 5 nitrogen and oxygen atoms in total. The van der Waals surface area contributed by atoms with Gasteiger partial charge >= 0.3 is 0 Å². The predicted octanol–water partition coefficient (Wildman–Crippen LogP) is 2.32. The summed E-state index contributed by atoms with van der Waals surface area (Å²) < 4.78 is 5.40. The van der Waals surface area contributed by atoms with E-state index >= 15 is 0 Å². The molecule has 132 valence electrons. The van der Waals surface area contributed by atoms with Crippen LogP contribution in [-0.2, 0) is 4.74 Å². The lowest BCUT2D eigenvalue weighted by atomic mass is 10.0. The van der Waals surface area contributed by atoms with Crippen LogP contribution in [0.1, 0.15) is 40.0 Å². The lowest BCUT2D eigenvalue weighted by Gasteiger charge is -2.30. The summed E-state index contributed by atoms with van der Waals surface area (Å²) in [6, 6.07) is 0. The van der Waals surface area contributed by atoms with Gasteiger partial charge in [0.1, 0.15) is 0 Å². The number of nitrogens with one attached hydrogen (secondary N) is 2. The molecule has 1 aliphatic heterocycles.